The van der Waals surface area contributed by atoms with Gasteiger partial charge in [0.2, 0.25) is 0 Å². The fourth-order valence-corrected chi connectivity index (χ4v) is 3.39. The molecular weight excluding hydrogens is 260 g/mol. The van der Waals surface area contributed by atoms with Crippen LogP contribution in [-0.2, 0) is 12.3 Å². The Hall–Kier alpha value is -0.840. The van der Waals surface area contributed by atoms with E-state index in [1.807, 2.05) is 23.3 Å². The van der Waals surface area contributed by atoms with Crippen molar-refractivity contribution in [2.45, 2.75) is 36.1 Å². The average molecular weight is 276 g/mol. The van der Waals surface area contributed by atoms with E-state index in [1.165, 1.54) is 28.3 Å². The molecule has 18 heavy (non-hydrogen) atoms. The highest BCUT2D eigenvalue weighted by atomic mass is 32.2. The predicted molar refractivity (Wildman–Crippen MR) is 78.0 cm³/mol. The molecule has 0 radical (unpaired) electrons. The molecule has 0 unspecified atom stereocenters. The first kappa shape index (κ1) is 12.2. The Kier molecular flexibility index (Phi) is 3.98. The van der Waals surface area contributed by atoms with Crippen LogP contribution in [0.3, 0.4) is 0 Å². The van der Waals surface area contributed by atoms with Crippen LogP contribution in [-0.4, -0.2) is 11.0 Å². The van der Waals surface area contributed by atoms with E-state index in [9.17, 15) is 0 Å². The number of thiazole rings is 1. The molecule has 2 nitrogen and oxygen atoms in total. The lowest BCUT2D eigenvalue weighted by Gasteiger charge is -2.05. The number of nitrogens with zero attached hydrogens (tertiary/aromatic N) is 1. The maximum Gasteiger partial charge on any atom is 0.103 e. The van der Waals surface area contributed by atoms with Crippen LogP contribution in [0, 0.1) is 0 Å². The molecule has 1 aromatic heterocycles. The molecule has 0 aliphatic heterocycles. The molecule has 94 valence electrons. The summed E-state index contributed by atoms with van der Waals surface area (Å²) < 4.78 is 0. The zero-order valence-electron chi connectivity index (χ0n) is 10.1. The van der Waals surface area contributed by atoms with E-state index < -0.39 is 0 Å². The molecule has 0 atom stereocenters. The molecule has 1 aliphatic rings. The van der Waals surface area contributed by atoms with Crippen molar-refractivity contribution in [3.8, 4) is 0 Å². The number of aromatic nitrogens is 1. The second kappa shape index (κ2) is 5.87. The number of thioether (sulfide) groups is 1. The van der Waals surface area contributed by atoms with Crippen LogP contribution in [0.4, 0.5) is 0 Å². The molecule has 0 saturated heterocycles. The van der Waals surface area contributed by atoms with Crippen LogP contribution < -0.4 is 5.32 Å². The largest absolute Gasteiger partial charge is 0.310 e. The van der Waals surface area contributed by atoms with Gasteiger partial charge in [-0.2, -0.15) is 0 Å². The van der Waals surface area contributed by atoms with Crippen molar-refractivity contribution in [3.05, 3.63) is 46.4 Å². The zero-order chi connectivity index (χ0) is 12.2. The zero-order valence-corrected chi connectivity index (χ0v) is 11.8. The average Bonchev–Trinajstić information content (AvgIpc) is 3.09. The van der Waals surface area contributed by atoms with Crippen LogP contribution in [0.5, 0.6) is 0 Å². The monoisotopic (exact) mass is 276 g/mol. The SMILES string of the molecule is c1cc(CNC2CC2)cc(SCc2nccs2)c1. The van der Waals surface area contributed by atoms with Gasteiger partial charge >= 0.3 is 0 Å². The fourth-order valence-electron chi connectivity index (χ4n) is 1.76. The lowest BCUT2D eigenvalue weighted by Crippen LogP contribution is -2.15. The molecule has 3 rings (SSSR count). The second-order valence-electron chi connectivity index (χ2n) is 4.52. The first-order valence-corrected chi connectivity index (χ1v) is 8.10. The molecule has 1 aliphatic carbocycles. The molecule has 0 amide bonds. The molecule has 2 aromatic rings. The van der Waals surface area contributed by atoms with Crippen molar-refractivity contribution in [3.63, 3.8) is 0 Å². The summed E-state index contributed by atoms with van der Waals surface area (Å²) in [6, 6.07) is 9.58. The quantitative estimate of drug-likeness (QED) is 0.815. The molecule has 1 fully saturated rings. The van der Waals surface area contributed by atoms with E-state index in [1.54, 1.807) is 11.3 Å². The van der Waals surface area contributed by atoms with Gasteiger partial charge in [-0.25, -0.2) is 4.98 Å². The summed E-state index contributed by atoms with van der Waals surface area (Å²) in [5.74, 6) is 0.969. The van der Waals surface area contributed by atoms with Crippen LogP contribution in [0.1, 0.15) is 23.4 Å². The number of rotatable bonds is 6. The van der Waals surface area contributed by atoms with E-state index in [4.69, 9.17) is 0 Å². The van der Waals surface area contributed by atoms with Crippen molar-refractivity contribution in [2.24, 2.45) is 0 Å². The Balaban J connectivity index is 1.55. The highest BCUT2D eigenvalue weighted by Gasteiger charge is 2.19. The summed E-state index contributed by atoms with van der Waals surface area (Å²) in [4.78, 5) is 5.64. The van der Waals surface area contributed by atoms with Crippen molar-refractivity contribution in [1.82, 2.24) is 10.3 Å². The molecule has 1 saturated carbocycles. The van der Waals surface area contributed by atoms with Crippen LogP contribution in [0.15, 0.2) is 40.7 Å². The third kappa shape index (κ3) is 3.57. The highest BCUT2D eigenvalue weighted by Crippen LogP contribution is 2.25. The molecule has 0 spiro atoms. The lowest BCUT2D eigenvalue weighted by atomic mass is 10.2. The molecule has 0 bridgehead atoms. The van der Waals surface area contributed by atoms with E-state index in [0.717, 1.165) is 18.3 Å². The number of hydrogen-bond acceptors (Lipinski definition) is 4. The highest BCUT2D eigenvalue weighted by molar-refractivity contribution is 7.98. The molecule has 4 heteroatoms. The van der Waals surface area contributed by atoms with E-state index >= 15 is 0 Å². The van der Waals surface area contributed by atoms with Crippen molar-refractivity contribution in [1.29, 1.82) is 0 Å². The molecule has 1 aromatic carbocycles. The summed E-state index contributed by atoms with van der Waals surface area (Å²) in [5.41, 5.74) is 1.38. The first-order chi connectivity index (χ1) is 8.90. The Morgan fingerprint density at radius 2 is 2.33 bits per heavy atom. The summed E-state index contributed by atoms with van der Waals surface area (Å²) in [6.45, 7) is 0.996. The maximum atomic E-state index is 4.31. The van der Waals surface area contributed by atoms with Gasteiger partial charge in [0.15, 0.2) is 0 Å². The van der Waals surface area contributed by atoms with Crippen molar-refractivity contribution in [2.75, 3.05) is 0 Å². The Morgan fingerprint density at radius 3 is 3.11 bits per heavy atom. The first-order valence-electron chi connectivity index (χ1n) is 6.23. The van der Waals surface area contributed by atoms with Gasteiger partial charge < -0.3 is 5.32 Å². The smallest absolute Gasteiger partial charge is 0.103 e. The summed E-state index contributed by atoms with van der Waals surface area (Å²) in [6.07, 6.45) is 4.56. The predicted octanol–water partition coefficient (Wildman–Crippen LogP) is 3.69. The number of hydrogen-bond donors (Lipinski definition) is 1. The number of benzene rings is 1. The third-order valence-electron chi connectivity index (χ3n) is 2.92. The van der Waals surface area contributed by atoms with E-state index in [0.29, 0.717) is 0 Å². The Morgan fingerprint density at radius 1 is 1.39 bits per heavy atom. The van der Waals surface area contributed by atoms with Crippen LogP contribution in [0.2, 0.25) is 0 Å². The Labute approximate surface area is 116 Å². The van der Waals surface area contributed by atoms with E-state index in [2.05, 4.69) is 34.6 Å². The molecule has 1 N–H and O–H groups in total. The van der Waals surface area contributed by atoms with Crippen molar-refractivity contribution < 1.29 is 0 Å². The minimum absolute atomic E-state index is 0.775. The van der Waals surface area contributed by atoms with Gasteiger partial charge in [0.05, 0.1) is 5.75 Å². The van der Waals surface area contributed by atoms with E-state index in [-0.39, 0.29) is 0 Å². The lowest BCUT2D eigenvalue weighted by molar-refractivity contribution is 0.687. The number of nitrogens with one attached hydrogen (secondary N) is 1. The van der Waals surface area contributed by atoms with Gasteiger partial charge in [-0.05, 0) is 30.5 Å². The van der Waals surface area contributed by atoms with Gasteiger partial charge in [0, 0.05) is 29.1 Å². The summed E-state index contributed by atoms with van der Waals surface area (Å²) in [5, 5.41) is 6.78. The maximum absolute atomic E-state index is 4.31. The minimum atomic E-state index is 0.775. The van der Waals surface area contributed by atoms with Gasteiger partial charge in [-0.1, -0.05) is 12.1 Å². The van der Waals surface area contributed by atoms with Gasteiger partial charge in [0.25, 0.3) is 0 Å². The summed E-state index contributed by atoms with van der Waals surface area (Å²) >= 11 is 3.59. The molecular formula is C14H16N2S2. The van der Waals surface area contributed by atoms with Crippen LogP contribution >= 0.6 is 23.1 Å². The topological polar surface area (TPSA) is 24.9 Å². The fraction of sp³-hybridized carbons (Fsp3) is 0.357. The normalized spacial score (nSPS) is 14.9. The molecule has 1 heterocycles. The summed E-state index contributed by atoms with van der Waals surface area (Å²) in [7, 11) is 0. The van der Waals surface area contributed by atoms with Crippen LogP contribution in [0.25, 0.3) is 0 Å². The van der Waals surface area contributed by atoms with Gasteiger partial charge in [-0.15, -0.1) is 23.1 Å². The second-order valence-corrected chi connectivity index (χ2v) is 6.54. The third-order valence-corrected chi connectivity index (χ3v) is 4.88. The standard InChI is InChI=1S/C14H16N2S2/c1-2-11(9-16-12-4-5-12)8-13(3-1)18-10-14-15-6-7-17-14/h1-3,6-8,12,16H,4-5,9-10H2. The van der Waals surface area contributed by atoms with Gasteiger partial charge in [-0.3, -0.25) is 0 Å². The van der Waals surface area contributed by atoms with Gasteiger partial charge in [0.1, 0.15) is 5.01 Å². The van der Waals surface area contributed by atoms with Crippen molar-refractivity contribution >= 4 is 23.1 Å². The minimum Gasteiger partial charge on any atom is -0.310 e. The Bertz CT molecular complexity index is 492.